The Morgan fingerprint density at radius 2 is 0.810 bits per heavy atom. The van der Waals surface area contributed by atoms with E-state index >= 15 is 0 Å². The molecule has 3 heterocycles. The van der Waals surface area contributed by atoms with Gasteiger partial charge in [0.2, 0.25) is 11.1 Å². The number of aryl methyl sites for hydroxylation is 2. The van der Waals surface area contributed by atoms with E-state index in [9.17, 15) is 45.6 Å². The minimum atomic E-state index is -4.14. The highest BCUT2D eigenvalue weighted by atomic mass is 32.2. The topological polar surface area (TPSA) is 288 Å². The Labute approximate surface area is 588 Å². The van der Waals surface area contributed by atoms with Gasteiger partial charge in [-0.3, -0.25) is 59.9 Å². The molecule has 532 valence electrons. The molecule has 4 aromatic carbocycles. The maximum Gasteiger partial charge on any atom is 0.327 e. The molecule has 1 saturated heterocycles. The van der Waals surface area contributed by atoms with E-state index in [1.807, 2.05) is 75.5 Å². The molecule has 9 rings (SSSR count). The quantitative estimate of drug-likeness (QED) is 0.00847. The number of nitrogens with one attached hydrogen (secondary N) is 8. The number of piperazine rings is 1. The third kappa shape index (κ3) is 18.3. The first-order valence-electron chi connectivity index (χ1n) is 34.0. The number of nitrogens with zero attached hydrogens (tertiary/aromatic N) is 6. The zero-order valence-corrected chi connectivity index (χ0v) is 60.5. The predicted octanol–water partition coefficient (Wildman–Crippen LogP) is 7.76. The molecule has 6 amide bonds. The molecule has 0 bridgehead atoms. The van der Waals surface area contributed by atoms with Crippen molar-refractivity contribution in [1.82, 2.24) is 31.3 Å². The van der Waals surface area contributed by atoms with Crippen LogP contribution in [-0.2, 0) is 59.9 Å². The van der Waals surface area contributed by atoms with Crippen molar-refractivity contribution in [3.63, 3.8) is 0 Å². The Kier molecular flexibility index (Phi) is 24.4. The number of likely N-dealkylation sites (N-methyl/N-ethyl adjacent to an activating group) is 2. The number of benzene rings is 4. The van der Waals surface area contributed by atoms with E-state index in [2.05, 4.69) is 100 Å². The molecule has 3 aliphatic rings. The number of carbonyl (C=O) groups excluding carboxylic acids is 6. The summed E-state index contributed by atoms with van der Waals surface area (Å²) in [6, 6.07) is 26.9. The monoisotopic (exact) mass is 1400 g/mol. The minimum absolute atomic E-state index is 0.00924. The number of anilines is 6. The molecule has 2 aliphatic carbocycles. The first-order valence-corrected chi connectivity index (χ1v) is 37.0. The van der Waals surface area contributed by atoms with Crippen LogP contribution in [0.4, 0.5) is 34.1 Å². The number of carbonyl (C=O) groups is 6. The molecule has 0 radical (unpaired) electrons. The van der Waals surface area contributed by atoms with Crippen LogP contribution >= 0.6 is 0 Å². The van der Waals surface area contributed by atoms with Gasteiger partial charge in [0.25, 0.3) is 31.9 Å². The van der Waals surface area contributed by atoms with Crippen LogP contribution in [0.5, 0.6) is 0 Å². The zero-order valence-electron chi connectivity index (χ0n) is 58.9. The highest BCUT2D eigenvalue weighted by Gasteiger charge is 2.43. The summed E-state index contributed by atoms with van der Waals surface area (Å²) >= 11 is 0. The van der Waals surface area contributed by atoms with Gasteiger partial charge in [-0.2, -0.15) is 9.13 Å². The second-order valence-corrected chi connectivity index (χ2v) is 30.3. The lowest BCUT2D eigenvalue weighted by molar-refractivity contribution is -0.742. The maximum atomic E-state index is 14.2. The molecule has 8 N–H and O–H groups in total. The maximum absolute atomic E-state index is 14.2. The van der Waals surface area contributed by atoms with Crippen LogP contribution in [0.15, 0.2) is 156 Å². The fraction of sp³-hybridized carbons (Fsp3) is 0.405. The fourth-order valence-corrected chi connectivity index (χ4v) is 15.9. The van der Waals surface area contributed by atoms with E-state index in [1.54, 1.807) is 64.3 Å². The number of rotatable bonds is 26. The number of allylic oxidation sites excluding steroid dienone is 4. The summed E-state index contributed by atoms with van der Waals surface area (Å²) < 4.78 is 64.6. The third-order valence-electron chi connectivity index (χ3n) is 19.2. The molecule has 26 heteroatoms. The van der Waals surface area contributed by atoms with Crippen molar-refractivity contribution >= 4 is 89.6 Å². The summed E-state index contributed by atoms with van der Waals surface area (Å²) in [5.74, 6) is -3.00. The van der Waals surface area contributed by atoms with E-state index in [1.165, 1.54) is 57.3 Å². The third-order valence-corrected chi connectivity index (χ3v) is 22.3. The number of hydrogen-bond acceptors (Lipinski definition) is 14. The lowest BCUT2D eigenvalue weighted by atomic mass is 9.88. The van der Waals surface area contributed by atoms with Gasteiger partial charge < -0.3 is 30.2 Å². The summed E-state index contributed by atoms with van der Waals surface area (Å²) in [5.41, 5.74) is 15.2. The fourth-order valence-electron chi connectivity index (χ4n) is 13.3. The molecule has 2 unspecified atom stereocenters. The summed E-state index contributed by atoms with van der Waals surface area (Å²) in [6.07, 6.45) is 24.1. The molecule has 0 saturated carbocycles. The summed E-state index contributed by atoms with van der Waals surface area (Å²) in [4.78, 5) is 86.7. The number of aromatic nitrogens is 2. The van der Waals surface area contributed by atoms with Gasteiger partial charge in [0.05, 0.1) is 32.5 Å². The first kappa shape index (κ1) is 74.7. The largest absolute Gasteiger partial charge is 0.348 e. The molecule has 0 spiro atoms. The van der Waals surface area contributed by atoms with E-state index in [0.717, 1.165) is 75.8 Å². The molecule has 1 fully saturated rings. The van der Waals surface area contributed by atoms with Crippen molar-refractivity contribution in [2.24, 2.45) is 0 Å². The highest BCUT2D eigenvalue weighted by Crippen LogP contribution is 2.36. The van der Waals surface area contributed by atoms with E-state index in [-0.39, 0.29) is 46.1 Å². The smallest absolute Gasteiger partial charge is 0.327 e. The van der Waals surface area contributed by atoms with Crippen molar-refractivity contribution in [2.45, 2.75) is 139 Å². The van der Waals surface area contributed by atoms with Crippen molar-refractivity contribution < 1.29 is 54.7 Å². The summed E-state index contributed by atoms with van der Waals surface area (Å²) in [6.45, 7) is 19.5. The average Bonchev–Trinajstić information content (AvgIpc) is 0.773. The number of sulfonamides is 2. The zero-order chi connectivity index (χ0) is 72.1. The van der Waals surface area contributed by atoms with Crippen LogP contribution in [-0.4, -0.2) is 129 Å². The van der Waals surface area contributed by atoms with Gasteiger partial charge in [-0.05, 0) is 198 Å². The number of pyridine rings is 2. The Morgan fingerprint density at radius 1 is 0.470 bits per heavy atom. The molecule has 2 aromatic heterocycles. The first-order chi connectivity index (χ1) is 47.5. The second kappa shape index (κ2) is 32.7. The lowest BCUT2D eigenvalue weighted by Crippen LogP contribution is -2.61. The Hall–Kier alpha value is -9.50. The number of hydrazine groups is 2. The van der Waals surface area contributed by atoms with Gasteiger partial charge in [0.15, 0.2) is 24.8 Å². The van der Waals surface area contributed by atoms with Crippen LogP contribution < -0.4 is 60.7 Å². The van der Waals surface area contributed by atoms with Crippen LogP contribution in [0.2, 0.25) is 0 Å². The molecule has 1 aliphatic heterocycles. The summed E-state index contributed by atoms with van der Waals surface area (Å²) in [7, 11) is -4.95. The molecule has 24 nitrogen and oxygen atoms in total. The van der Waals surface area contributed by atoms with E-state index in [0.29, 0.717) is 71.6 Å². The minimum Gasteiger partial charge on any atom is -0.348 e. The van der Waals surface area contributed by atoms with E-state index in [4.69, 9.17) is 0 Å². The SMILES string of the molecule is Cc1ccc(S(=O)(=O)Nc2ccc(NNC(=O)C(=O)NCCCN3CCN(CCCNC(=O)C(=O)NNc4ccc(NS(=O)(=O)c5ccc(C)c(N(C)C(=O)C(C)(C)[n+]6ccc(C7CC=CCC7)cc6)c5C)cc4)CC3)cc2)c(C)c1N(C)C(=O)C(C)(C)[n+]1ccc(C2CC=CCC2)cc1. The van der Waals surface area contributed by atoms with Gasteiger partial charge in [-0.25, -0.2) is 16.8 Å². The molecule has 100 heavy (non-hydrogen) atoms. The van der Waals surface area contributed by atoms with Crippen molar-refractivity contribution in [1.29, 1.82) is 0 Å². The van der Waals surface area contributed by atoms with Crippen LogP contribution in [0.1, 0.15) is 124 Å². The van der Waals surface area contributed by atoms with Crippen LogP contribution in [0, 0.1) is 27.7 Å². The Balaban J connectivity index is 0.627. The average molecular weight is 1410 g/mol. The van der Waals surface area contributed by atoms with Gasteiger partial charge in [0, 0.05) is 117 Å². The van der Waals surface area contributed by atoms with Gasteiger partial charge in [-0.15, -0.1) is 0 Å². The molecule has 6 aromatic rings. The second-order valence-electron chi connectivity index (χ2n) is 27.0. The molecular formula is C74H96N14O10S2+2. The van der Waals surface area contributed by atoms with Crippen LogP contribution in [0.3, 0.4) is 0 Å². The lowest BCUT2D eigenvalue weighted by Gasteiger charge is -2.34. The standard InChI is InChI=1S/C74H94N14O10S2/c1-51-23-33-63(53(3)65(51)83(9)71(93)73(5,6)87-43-35-57(36-44-87)55-19-13-11-14-20-55)99(95,96)81-61-29-25-59(26-30-61)77-79-69(91)67(89)75-39-17-41-85-47-49-86(50-48-85)42-18-40-76-68(90)70(92)80-78-60-27-31-62(32-28-60)82-100(97,98)64-34-24-52(2)66(54(64)4)84(10)72(94)74(7,8)88-45-37-58(38-46-88)56-21-15-12-16-22-56/h11-13,15,23-38,43-46,55-56H,14,16-22,39-42,47-50H2,1-10H3,(H6-2,75,76,77,78,79,80,81,82,89,90,91,92)/p+2. The molecular weight excluding hydrogens is 1310 g/mol. The predicted molar refractivity (Wildman–Crippen MR) is 388 cm³/mol. The van der Waals surface area contributed by atoms with Gasteiger partial charge >= 0.3 is 23.6 Å². The van der Waals surface area contributed by atoms with Crippen LogP contribution in [0.25, 0.3) is 0 Å². The normalized spacial score (nSPS) is 16.0. The number of hydrogen-bond donors (Lipinski definition) is 8. The van der Waals surface area contributed by atoms with Crippen molar-refractivity contribution in [2.75, 3.05) is 96.5 Å². The van der Waals surface area contributed by atoms with Gasteiger partial charge in [0.1, 0.15) is 0 Å². The summed E-state index contributed by atoms with van der Waals surface area (Å²) in [5, 5.41) is 5.29. The molecule has 2 atom stereocenters. The highest BCUT2D eigenvalue weighted by molar-refractivity contribution is 7.93. The van der Waals surface area contributed by atoms with Gasteiger partial charge in [-0.1, -0.05) is 36.4 Å². The Morgan fingerprint density at radius 3 is 1.14 bits per heavy atom. The Bertz CT molecular complexity index is 3980. The van der Waals surface area contributed by atoms with Crippen molar-refractivity contribution in [3.05, 3.63) is 180 Å². The van der Waals surface area contributed by atoms with Crippen molar-refractivity contribution in [3.8, 4) is 0 Å². The van der Waals surface area contributed by atoms with E-state index < -0.39 is 54.8 Å². The number of amides is 6.